The minimum atomic E-state index is 0.0555. The van der Waals surface area contributed by atoms with Gasteiger partial charge in [-0.25, -0.2) is 4.79 Å². The highest BCUT2D eigenvalue weighted by Gasteiger charge is 2.25. The lowest BCUT2D eigenvalue weighted by Gasteiger charge is -2.28. The lowest BCUT2D eigenvalue weighted by Crippen LogP contribution is -2.39. The third-order valence-electron chi connectivity index (χ3n) is 3.54. The molecule has 1 aliphatic heterocycles. The van der Waals surface area contributed by atoms with Gasteiger partial charge in [0.1, 0.15) is 0 Å². The van der Waals surface area contributed by atoms with Gasteiger partial charge in [-0.15, -0.1) is 0 Å². The first-order valence-corrected chi connectivity index (χ1v) is 6.96. The van der Waals surface area contributed by atoms with Gasteiger partial charge >= 0.3 is 6.03 Å². The van der Waals surface area contributed by atoms with Crippen LogP contribution in [0.5, 0.6) is 0 Å². The number of carbonyl (C=O) groups is 1. The molecule has 0 unspecified atom stereocenters. The van der Waals surface area contributed by atoms with Crippen molar-refractivity contribution in [1.29, 1.82) is 0 Å². The smallest absolute Gasteiger partial charge is 0.324 e. The van der Waals surface area contributed by atoms with Crippen LogP contribution < -0.4 is 4.90 Å². The van der Waals surface area contributed by atoms with E-state index in [1.807, 2.05) is 59.5 Å². The van der Waals surface area contributed by atoms with Gasteiger partial charge in [0.05, 0.1) is 11.4 Å². The first kappa shape index (κ1) is 12.7. The van der Waals surface area contributed by atoms with Crippen molar-refractivity contribution in [3.8, 4) is 0 Å². The highest BCUT2D eigenvalue weighted by Crippen LogP contribution is 2.27. The van der Waals surface area contributed by atoms with Crippen molar-refractivity contribution >= 4 is 17.4 Å². The van der Waals surface area contributed by atoms with E-state index in [0.29, 0.717) is 0 Å². The number of nitrogens with zero attached hydrogens (tertiary/aromatic N) is 2. The molecule has 1 saturated heterocycles. The molecule has 0 atom stereocenters. The monoisotopic (exact) mass is 265 g/mol. The van der Waals surface area contributed by atoms with E-state index in [1.54, 1.807) is 4.90 Å². The molecule has 0 aromatic heterocycles. The second-order valence-electron chi connectivity index (χ2n) is 4.91. The van der Waals surface area contributed by atoms with E-state index < -0.39 is 0 Å². The van der Waals surface area contributed by atoms with Crippen molar-refractivity contribution in [2.75, 3.05) is 18.0 Å². The summed E-state index contributed by atoms with van der Waals surface area (Å²) in [6.45, 7) is 1.70. The first-order valence-electron chi connectivity index (χ1n) is 6.96. The summed E-state index contributed by atoms with van der Waals surface area (Å²) < 4.78 is 0. The molecule has 1 heterocycles. The Bertz CT molecular complexity index is 523. The van der Waals surface area contributed by atoms with Crippen LogP contribution in [0.25, 0.3) is 0 Å². The van der Waals surface area contributed by atoms with Gasteiger partial charge in [-0.1, -0.05) is 30.3 Å². The molecule has 20 heavy (non-hydrogen) atoms. The summed E-state index contributed by atoms with van der Waals surface area (Å²) in [7, 11) is 0. The van der Waals surface area contributed by atoms with Crippen LogP contribution in [-0.4, -0.2) is 24.0 Å². The van der Waals surface area contributed by atoms with Crippen LogP contribution in [0.4, 0.5) is 16.2 Å². The van der Waals surface area contributed by atoms with E-state index >= 15 is 0 Å². The average molecular weight is 265 g/mol. The zero-order valence-electron chi connectivity index (χ0n) is 11.3. The Hall–Kier alpha value is -2.29. The van der Waals surface area contributed by atoms with Gasteiger partial charge in [0.25, 0.3) is 0 Å². The van der Waals surface area contributed by atoms with Gasteiger partial charge in [-0.3, -0.25) is 4.90 Å². The number of anilines is 2. The van der Waals surface area contributed by atoms with Crippen LogP contribution in [0.3, 0.4) is 0 Å². The Morgan fingerprint density at radius 3 is 2.20 bits per heavy atom. The maximum atomic E-state index is 12.8. The summed E-state index contributed by atoms with van der Waals surface area (Å²) in [4.78, 5) is 16.5. The summed E-state index contributed by atoms with van der Waals surface area (Å²) >= 11 is 0. The lowest BCUT2D eigenvalue weighted by atomic mass is 10.2. The summed E-state index contributed by atoms with van der Waals surface area (Å²) in [5.41, 5.74) is 1.78. The van der Waals surface area contributed by atoms with Crippen molar-refractivity contribution in [3.05, 3.63) is 60.7 Å². The van der Waals surface area contributed by atoms with Gasteiger partial charge in [0, 0.05) is 13.1 Å². The normalized spacial score (nSPS) is 14.3. The molecular formula is C17H17N2O. The predicted molar refractivity (Wildman–Crippen MR) is 80.1 cm³/mol. The standard InChI is InChI=1S/C17H17N2O/c20-17(18-13-7-8-14-18)19(15-9-3-1-4-10-15)16-11-5-2-6-12-16/h1,3-6,9-12H,7-8,13-14H2. The van der Waals surface area contributed by atoms with Gasteiger partial charge in [0.2, 0.25) is 0 Å². The Morgan fingerprint density at radius 2 is 1.55 bits per heavy atom. The zero-order chi connectivity index (χ0) is 13.8. The molecule has 2 aromatic carbocycles. The Morgan fingerprint density at radius 1 is 0.950 bits per heavy atom. The molecule has 1 radical (unpaired) electrons. The second kappa shape index (κ2) is 5.78. The fourth-order valence-corrected chi connectivity index (χ4v) is 2.52. The number of benzene rings is 2. The minimum Gasteiger partial charge on any atom is -0.324 e. The second-order valence-corrected chi connectivity index (χ2v) is 4.91. The van der Waals surface area contributed by atoms with Gasteiger partial charge in [0.15, 0.2) is 0 Å². The van der Waals surface area contributed by atoms with Crippen molar-refractivity contribution in [2.24, 2.45) is 0 Å². The quantitative estimate of drug-likeness (QED) is 0.809. The SMILES string of the molecule is O=C(N1CCCC1)N(c1cc[c]cc1)c1ccccc1. The molecule has 0 saturated carbocycles. The molecule has 1 fully saturated rings. The molecular weight excluding hydrogens is 248 g/mol. The number of hydrogen-bond donors (Lipinski definition) is 0. The topological polar surface area (TPSA) is 23.6 Å². The molecule has 0 N–H and O–H groups in total. The van der Waals surface area contributed by atoms with Crippen LogP contribution in [0.15, 0.2) is 54.6 Å². The van der Waals surface area contributed by atoms with Crippen molar-refractivity contribution in [3.63, 3.8) is 0 Å². The number of hydrogen-bond acceptors (Lipinski definition) is 1. The predicted octanol–water partition coefficient (Wildman–Crippen LogP) is 3.84. The lowest BCUT2D eigenvalue weighted by molar-refractivity contribution is 0.218. The van der Waals surface area contributed by atoms with Gasteiger partial charge in [-0.05, 0) is 43.2 Å². The van der Waals surface area contributed by atoms with E-state index in [0.717, 1.165) is 37.3 Å². The fourth-order valence-electron chi connectivity index (χ4n) is 2.52. The largest absolute Gasteiger partial charge is 0.329 e. The van der Waals surface area contributed by atoms with Crippen molar-refractivity contribution in [1.82, 2.24) is 4.90 Å². The van der Waals surface area contributed by atoms with E-state index in [2.05, 4.69) is 6.07 Å². The van der Waals surface area contributed by atoms with E-state index in [9.17, 15) is 4.79 Å². The van der Waals surface area contributed by atoms with Gasteiger partial charge in [-0.2, -0.15) is 0 Å². The number of amides is 2. The Labute approximate surface area is 119 Å². The number of rotatable bonds is 2. The number of urea groups is 1. The molecule has 2 aromatic rings. The summed E-state index contributed by atoms with van der Waals surface area (Å²) in [5, 5.41) is 0. The maximum absolute atomic E-state index is 12.8. The highest BCUT2D eigenvalue weighted by molar-refractivity contribution is 5.99. The fraction of sp³-hybridized carbons (Fsp3) is 0.235. The maximum Gasteiger partial charge on any atom is 0.329 e. The average Bonchev–Trinajstić information content (AvgIpc) is 3.04. The molecule has 0 bridgehead atoms. The first-order chi connectivity index (χ1) is 9.86. The molecule has 3 heteroatoms. The van der Waals surface area contributed by atoms with Crippen molar-refractivity contribution in [2.45, 2.75) is 12.8 Å². The van der Waals surface area contributed by atoms with E-state index in [4.69, 9.17) is 0 Å². The van der Waals surface area contributed by atoms with Crippen molar-refractivity contribution < 1.29 is 4.79 Å². The summed E-state index contributed by atoms with van der Waals surface area (Å²) in [6, 6.07) is 20.3. The number of carbonyl (C=O) groups excluding carboxylic acids is 1. The third-order valence-corrected chi connectivity index (χ3v) is 3.54. The zero-order valence-corrected chi connectivity index (χ0v) is 11.3. The van der Waals surface area contributed by atoms with E-state index in [-0.39, 0.29) is 6.03 Å². The molecule has 101 valence electrons. The summed E-state index contributed by atoms with van der Waals surface area (Å²) in [5.74, 6) is 0. The minimum absolute atomic E-state index is 0.0555. The van der Waals surface area contributed by atoms with Gasteiger partial charge < -0.3 is 4.90 Å². The molecule has 0 aliphatic carbocycles. The molecule has 1 aliphatic rings. The highest BCUT2D eigenvalue weighted by atomic mass is 16.2. The van der Waals surface area contributed by atoms with E-state index in [1.165, 1.54) is 0 Å². The van der Waals surface area contributed by atoms with Crippen LogP contribution >= 0.6 is 0 Å². The third kappa shape index (κ3) is 2.52. The van der Waals surface area contributed by atoms with Crippen LogP contribution in [-0.2, 0) is 0 Å². The molecule has 2 amide bonds. The Kier molecular flexibility index (Phi) is 3.68. The molecule has 3 rings (SSSR count). The molecule has 0 spiro atoms. The summed E-state index contributed by atoms with van der Waals surface area (Å²) in [6.07, 6.45) is 2.19. The molecule has 3 nitrogen and oxygen atoms in total. The van der Waals surface area contributed by atoms with Crippen LogP contribution in [0.1, 0.15) is 12.8 Å². The number of likely N-dealkylation sites (tertiary alicyclic amines) is 1. The number of para-hydroxylation sites is 1. The van der Waals surface area contributed by atoms with Crippen LogP contribution in [0, 0.1) is 6.07 Å². The Balaban J connectivity index is 1.97. The van der Waals surface area contributed by atoms with Crippen LogP contribution in [0.2, 0.25) is 0 Å².